The molecule has 0 aliphatic carbocycles. The average molecular weight is 417 g/mol. The number of carbonyl (C=O) groups excluding carboxylic acids is 2. The summed E-state index contributed by atoms with van der Waals surface area (Å²) >= 11 is 0. The zero-order valence-corrected chi connectivity index (χ0v) is 16.4. The summed E-state index contributed by atoms with van der Waals surface area (Å²) in [5, 5.41) is 0. The highest BCUT2D eigenvalue weighted by atomic mass is 79.9. The molecule has 0 aromatic heterocycles. The summed E-state index contributed by atoms with van der Waals surface area (Å²) in [5.41, 5.74) is 2.34. The molecule has 2 aromatic rings. The van der Waals surface area contributed by atoms with Crippen molar-refractivity contribution in [2.24, 2.45) is 0 Å². The Labute approximate surface area is 163 Å². The van der Waals surface area contributed by atoms with Gasteiger partial charge in [-0.05, 0) is 55.5 Å². The molecule has 0 radical (unpaired) electrons. The summed E-state index contributed by atoms with van der Waals surface area (Å²) in [6, 6.07) is 14.6. The van der Waals surface area contributed by atoms with Gasteiger partial charge in [0.05, 0.1) is 20.3 Å². The Balaban J connectivity index is 0.00000243. The molecule has 1 heterocycles. The molecule has 0 amide bonds. The Kier molecular flexibility index (Phi) is 6.58. The zero-order chi connectivity index (χ0) is 17.8. The molecule has 0 spiro atoms. The fourth-order valence-corrected chi connectivity index (χ4v) is 2.68. The molecular formula is C20H21BrN2O3. The van der Waals surface area contributed by atoms with Crippen LogP contribution in [0, 0.1) is 0 Å². The third-order valence-electron chi connectivity index (χ3n) is 4.16. The highest BCUT2D eigenvalue weighted by Gasteiger charge is 2.17. The second-order valence-electron chi connectivity index (χ2n) is 5.91. The lowest BCUT2D eigenvalue weighted by molar-refractivity contribution is 0.0958. The number of hydrogen-bond acceptors (Lipinski definition) is 5. The van der Waals surface area contributed by atoms with Crippen LogP contribution in [-0.4, -0.2) is 36.8 Å². The molecule has 0 N–H and O–H groups in total. The van der Waals surface area contributed by atoms with Crippen LogP contribution in [-0.2, 0) is 0 Å². The van der Waals surface area contributed by atoms with Gasteiger partial charge in [-0.25, -0.2) is 0 Å². The zero-order valence-electron chi connectivity index (χ0n) is 14.7. The average Bonchev–Trinajstić information content (AvgIpc) is 3.10. The van der Waals surface area contributed by atoms with E-state index >= 15 is 0 Å². The highest BCUT2D eigenvalue weighted by Crippen LogP contribution is 2.20. The van der Waals surface area contributed by atoms with Gasteiger partial charge < -0.3 is 14.5 Å². The van der Waals surface area contributed by atoms with Crippen LogP contribution in [0.25, 0.3) is 0 Å². The third kappa shape index (κ3) is 4.52. The minimum absolute atomic E-state index is 0. The summed E-state index contributed by atoms with van der Waals surface area (Å²) in [7, 11) is 1.60. The van der Waals surface area contributed by atoms with E-state index in [1.54, 1.807) is 38.3 Å². The number of ketones is 2. The normalized spacial score (nSPS) is 12.7. The number of carbonyl (C=O) groups is 2. The number of halogens is 1. The summed E-state index contributed by atoms with van der Waals surface area (Å²) in [5.74, 6) is 0.842. The van der Waals surface area contributed by atoms with Crippen LogP contribution in [0.1, 0.15) is 27.6 Å². The van der Waals surface area contributed by atoms with Crippen molar-refractivity contribution in [3.63, 3.8) is 0 Å². The van der Waals surface area contributed by atoms with Gasteiger partial charge in [0.1, 0.15) is 5.75 Å². The molecule has 136 valence electrons. The maximum absolute atomic E-state index is 12.4. The Bertz CT molecular complexity index is 801. The van der Waals surface area contributed by atoms with Crippen molar-refractivity contribution in [1.82, 2.24) is 4.90 Å². The van der Waals surface area contributed by atoms with Gasteiger partial charge in [0.15, 0.2) is 11.6 Å². The summed E-state index contributed by atoms with van der Waals surface area (Å²) < 4.78 is 5.11. The van der Waals surface area contributed by atoms with Crippen molar-refractivity contribution in [3.05, 3.63) is 72.1 Å². The molecule has 3 rings (SSSR count). The Hall–Kier alpha value is -2.60. The molecule has 0 fully saturated rings. The summed E-state index contributed by atoms with van der Waals surface area (Å²) in [6.07, 6.45) is 3.84. The van der Waals surface area contributed by atoms with E-state index in [1.165, 1.54) is 0 Å². The fraction of sp³-hybridized carbons (Fsp3) is 0.200. The number of anilines is 1. The number of ether oxygens (including phenoxy) is 1. The van der Waals surface area contributed by atoms with Gasteiger partial charge in [-0.15, -0.1) is 17.0 Å². The fourth-order valence-electron chi connectivity index (χ4n) is 2.68. The van der Waals surface area contributed by atoms with E-state index in [4.69, 9.17) is 4.74 Å². The van der Waals surface area contributed by atoms with E-state index in [0.717, 1.165) is 11.4 Å². The predicted molar refractivity (Wildman–Crippen MR) is 107 cm³/mol. The van der Waals surface area contributed by atoms with Crippen LogP contribution in [0.5, 0.6) is 5.75 Å². The molecule has 26 heavy (non-hydrogen) atoms. The van der Waals surface area contributed by atoms with Crippen LogP contribution in [0.3, 0.4) is 0 Å². The van der Waals surface area contributed by atoms with Crippen LogP contribution in [0.2, 0.25) is 0 Å². The van der Waals surface area contributed by atoms with E-state index in [9.17, 15) is 9.59 Å². The van der Waals surface area contributed by atoms with Crippen molar-refractivity contribution in [2.45, 2.75) is 6.92 Å². The van der Waals surface area contributed by atoms with Gasteiger partial charge in [-0.2, -0.15) is 0 Å². The molecule has 0 unspecified atom stereocenters. The summed E-state index contributed by atoms with van der Waals surface area (Å²) in [4.78, 5) is 27.7. The van der Waals surface area contributed by atoms with Gasteiger partial charge in [0.2, 0.25) is 0 Å². The van der Waals surface area contributed by atoms with E-state index in [0.29, 0.717) is 24.3 Å². The molecular weight excluding hydrogens is 396 g/mol. The molecule has 0 bridgehead atoms. The minimum Gasteiger partial charge on any atom is -0.497 e. The second kappa shape index (κ2) is 8.67. The van der Waals surface area contributed by atoms with Crippen molar-refractivity contribution < 1.29 is 14.3 Å². The van der Waals surface area contributed by atoms with E-state index in [2.05, 4.69) is 0 Å². The van der Waals surface area contributed by atoms with Crippen LogP contribution in [0.15, 0.2) is 60.9 Å². The first-order valence-electron chi connectivity index (χ1n) is 8.04. The first-order valence-corrected chi connectivity index (χ1v) is 8.04. The number of Topliss-reactive ketones (excluding diaryl/α,β-unsaturated/α-hetero) is 2. The number of rotatable bonds is 6. The lowest BCUT2D eigenvalue weighted by atomic mass is 10.1. The van der Waals surface area contributed by atoms with Crippen LogP contribution >= 0.6 is 17.0 Å². The van der Waals surface area contributed by atoms with Crippen molar-refractivity contribution in [2.75, 3.05) is 25.2 Å². The van der Waals surface area contributed by atoms with Crippen LogP contribution in [0.4, 0.5) is 5.69 Å². The Morgan fingerprint density at radius 2 is 1.58 bits per heavy atom. The topological polar surface area (TPSA) is 49.9 Å². The van der Waals surface area contributed by atoms with Gasteiger partial charge in [-0.3, -0.25) is 9.59 Å². The molecule has 0 saturated carbocycles. The standard InChI is InChI=1S/C20H20N2O3.BrH/c1-15(23)16-3-7-18(8-4-16)22-12-11-21(14-22)13-20(24)17-5-9-19(25-2)10-6-17;/h3-12H,13-14H2,1-2H3;1H. The lowest BCUT2D eigenvalue weighted by Gasteiger charge is -2.21. The SMILES string of the molecule is Br.COc1ccc(C(=O)CN2C=CN(c3ccc(C(C)=O)cc3)C2)cc1. The Morgan fingerprint density at radius 1 is 0.962 bits per heavy atom. The number of methoxy groups -OCH3 is 1. The predicted octanol–water partition coefficient (Wildman–Crippen LogP) is 3.91. The van der Waals surface area contributed by atoms with E-state index in [1.807, 2.05) is 46.5 Å². The van der Waals surface area contributed by atoms with Crippen molar-refractivity contribution in [3.8, 4) is 5.75 Å². The van der Waals surface area contributed by atoms with Gasteiger partial charge in [0.25, 0.3) is 0 Å². The number of hydrogen-bond donors (Lipinski definition) is 0. The molecule has 0 saturated heterocycles. The first-order chi connectivity index (χ1) is 12.1. The van der Waals surface area contributed by atoms with E-state index < -0.39 is 0 Å². The lowest BCUT2D eigenvalue weighted by Crippen LogP contribution is -2.29. The molecule has 2 aromatic carbocycles. The first kappa shape index (κ1) is 19.7. The van der Waals surface area contributed by atoms with Crippen LogP contribution < -0.4 is 9.64 Å². The quantitative estimate of drug-likeness (QED) is 0.668. The monoisotopic (exact) mass is 416 g/mol. The Morgan fingerprint density at radius 3 is 2.15 bits per heavy atom. The molecule has 0 atom stereocenters. The van der Waals surface area contributed by atoms with Gasteiger partial charge in [-0.1, -0.05) is 0 Å². The molecule has 6 heteroatoms. The van der Waals surface area contributed by atoms with Gasteiger partial charge >= 0.3 is 0 Å². The maximum Gasteiger partial charge on any atom is 0.182 e. The largest absolute Gasteiger partial charge is 0.497 e. The summed E-state index contributed by atoms with van der Waals surface area (Å²) in [6.45, 7) is 2.46. The van der Waals surface area contributed by atoms with E-state index in [-0.39, 0.29) is 28.5 Å². The van der Waals surface area contributed by atoms with Gasteiger partial charge in [0, 0.05) is 29.2 Å². The third-order valence-corrected chi connectivity index (χ3v) is 4.16. The second-order valence-corrected chi connectivity index (χ2v) is 5.91. The number of nitrogens with zero attached hydrogens (tertiary/aromatic N) is 2. The maximum atomic E-state index is 12.4. The molecule has 5 nitrogen and oxygen atoms in total. The molecule has 1 aliphatic heterocycles. The molecule has 1 aliphatic rings. The van der Waals surface area contributed by atoms with Crippen molar-refractivity contribution >= 4 is 34.2 Å². The van der Waals surface area contributed by atoms with Crippen molar-refractivity contribution in [1.29, 1.82) is 0 Å². The minimum atomic E-state index is 0. The number of benzene rings is 2. The smallest absolute Gasteiger partial charge is 0.182 e. The highest BCUT2D eigenvalue weighted by molar-refractivity contribution is 8.93.